The molecule has 0 N–H and O–H groups in total. The maximum atomic E-state index is 2.32. The Labute approximate surface area is 142 Å². The molecule has 1 rings (SSSR count). The van der Waals surface area contributed by atoms with E-state index in [0.717, 1.165) is 5.92 Å². The van der Waals surface area contributed by atoms with E-state index >= 15 is 0 Å². The first kappa shape index (κ1) is 19.2. The van der Waals surface area contributed by atoms with Crippen LogP contribution in [-0.4, -0.2) is 29.6 Å². The quantitative estimate of drug-likeness (QED) is 0.364. The number of rotatable bonds is 10. The van der Waals surface area contributed by atoms with Crippen molar-refractivity contribution in [2.24, 2.45) is 0 Å². The van der Waals surface area contributed by atoms with Gasteiger partial charge in [-0.3, -0.25) is 0 Å². The summed E-state index contributed by atoms with van der Waals surface area (Å²) in [5.41, 5.74) is 1.53. The molecule has 0 fully saturated rings. The maximum Gasteiger partial charge on any atom is 0 e. The number of unbranched alkanes of at least 4 members (excludes halogenated alkanes) is 6. The van der Waals surface area contributed by atoms with E-state index in [1.807, 2.05) is 0 Å². The second kappa shape index (κ2) is 13.2. The zero-order chi connectivity index (χ0) is 13.1. The van der Waals surface area contributed by atoms with Crippen molar-refractivity contribution in [1.82, 2.24) is 0 Å². The summed E-state index contributed by atoms with van der Waals surface area (Å²) in [4.78, 5) is 0. The van der Waals surface area contributed by atoms with Gasteiger partial charge in [-0.1, -0.05) is 89.1 Å². The number of benzene rings is 1. The van der Waals surface area contributed by atoms with Crippen molar-refractivity contribution in [2.45, 2.75) is 77.6 Å². The largest absolute Gasteiger partial charge is 0.0654 e. The molecule has 0 saturated heterocycles. The average Bonchev–Trinajstić information content (AvgIpc) is 2.43. The molecule has 103 valence electrons. The van der Waals surface area contributed by atoms with Gasteiger partial charge in [0.15, 0.2) is 0 Å². The van der Waals surface area contributed by atoms with Crippen LogP contribution < -0.4 is 0 Å². The van der Waals surface area contributed by atoms with E-state index in [-0.39, 0.29) is 29.6 Å². The fraction of sp³-hybridized carbons (Fsp3) is 0.667. The fourth-order valence-corrected chi connectivity index (χ4v) is 2.68. The summed E-state index contributed by atoms with van der Waals surface area (Å²) in [5.74, 6) is 0.779. The third kappa shape index (κ3) is 8.89. The Balaban J connectivity index is 0.00000324. The minimum Gasteiger partial charge on any atom is -0.0654 e. The van der Waals surface area contributed by atoms with Gasteiger partial charge in [0.05, 0.1) is 0 Å². The van der Waals surface area contributed by atoms with Gasteiger partial charge in [-0.25, -0.2) is 0 Å². The molecular weight excluding hydrogens is 239 g/mol. The van der Waals surface area contributed by atoms with Gasteiger partial charge in [0.2, 0.25) is 0 Å². The van der Waals surface area contributed by atoms with Crippen molar-refractivity contribution in [3.63, 3.8) is 0 Å². The topological polar surface area (TPSA) is 0 Å². The average molecular weight is 269 g/mol. The first-order valence-electron chi connectivity index (χ1n) is 7.93. The van der Waals surface area contributed by atoms with E-state index in [9.17, 15) is 0 Å². The van der Waals surface area contributed by atoms with Crippen LogP contribution in [0.25, 0.3) is 0 Å². The van der Waals surface area contributed by atoms with Crippen molar-refractivity contribution < 1.29 is 0 Å². The molecule has 0 bridgehead atoms. The van der Waals surface area contributed by atoms with Gasteiger partial charge in [0, 0.05) is 29.6 Å². The van der Waals surface area contributed by atoms with Gasteiger partial charge < -0.3 is 0 Å². The third-order valence-corrected chi connectivity index (χ3v) is 3.92. The summed E-state index contributed by atoms with van der Waals surface area (Å²) >= 11 is 0. The predicted octanol–water partition coefficient (Wildman–Crippen LogP) is 5.94. The SMILES string of the molecule is CCCCCCCCCC(CC)c1ccccc1.[Na]. The molecule has 1 aromatic carbocycles. The molecular formula is C18H30Na. The molecule has 19 heavy (non-hydrogen) atoms. The van der Waals surface area contributed by atoms with Crippen molar-refractivity contribution in [3.05, 3.63) is 35.9 Å². The van der Waals surface area contributed by atoms with Gasteiger partial charge in [0.25, 0.3) is 0 Å². The molecule has 0 spiro atoms. The molecule has 1 unspecified atom stereocenters. The zero-order valence-electron chi connectivity index (χ0n) is 13.3. The maximum absolute atomic E-state index is 2.32. The summed E-state index contributed by atoms with van der Waals surface area (Å²) in [5, 5.41) is 0. The smallest absolute Gasteiger partial charge is 0 e. The fourth-order valence-electron chi connectivity index (χ4n) is 2.68. The molecule has 0 aliphatic rings. The van der Waals surface area contributed by atoms with Crippen LogP contribution in [-0.2, 0) is 0 Å². The van der Waals surface area contributed by atoms with Crippen molar-refractivity contribution >= 4 is 29.6 Å². The Kier molecular flexibility index (Phi) is 13.4. The predicted molar refractivity (Wildman–Crippen MR) is 87.8 cm³/mol. The Hall–Kier alpha value is 0.220. The van der Waals surface area contributed by atoms with E-state index in [1.165, 1.54) is 63.4 Å². The van der Waals surface area contributed by atoms with Gasteiger partial charge in [-0.05, 0) is 24.3 Å². The van der Waals surface area contributed by atoms with Crippen molar-refractivity contribution in [3.8, 4) is 0 Å². The second-order valence-corrected chi connectivity index (χ2v) is 5.43. The Bertz CT molecular complexity index is 281. The molecule has 0 aromatic heterocycles. The van der Waals surface area contributed by atoms with Crippen molar-refractivity contribution in [2.75, 3.05) is 0 Å². The van der Waals surface area contributed by atoms with Crippen LogP contribution in [0.4, 0.5) is 0 Å². The zero-order valence-corrected chi connectivity index (χ0v) is 15.3. The van der Waals surface area contributed by atoms with Crippen LogP contribution >= 0.6 is 0 Å². The summed E-state index contributed by atoms with van der Waals surface area (Å²) in [6.07, 6.45) is 12.6. The standard InChI is InChI=1S/C18H30.Na/c1-3-5-6-7-8-9-11-14-17(4-2)18-15-12-10-13-16-18;/h10,12-13,15-17H,3-9,11,14H2,1-2H3;. The Morgan fingerprint density at radius 1 is 0.789 bits per heavy atom. The third-order valence-electron chi connectivity index (χ3n) is 3.92. The number of hydrogen-bond acceptors (Lipinski definition) is 0. The van der Waals surface area contributed by atoms with Gasteiger partial charge in [-0.2, -0.15) is 0 Å². The van der Waals surface area contributed by atoms with Gasteiger partial charge >= 0.3 is 0 Å². The molecule has 0 aliphatic carbocycles. The Morgan fingerprint density at radius 2 is 1.37 bits per heavy atom. The van der Waals surface area contributed by atoms with Gasteiger partial charge in [-0.15, -0.1) is 0 Å². The van der Waals surface area contributed by atoms with Crippen LogP contribution in [0.3, 0.4) is 0 Å². The normalized spacial score (nSPS) is 11.9. The molecule has 0 aliphatic heterocycles. The summed E-state index contributed by atoms with van der Waals surface area (Å²) in [6.45, 7) is 4.60. The molecule has 0 amide bonds. The molecule has 1 heteroatoms. The second-order valence-electron chi connectivity index (χ2n) is 5.43. The van der Waals surface area contributed by atoms with E-state index in [1.54, 1.807) is 0 Å². The molecule has 0 saturated carbocycles. The van der Waals surface area contributed by atoms with E-state index in [2.05, 4.69) is 44.2 Å². The molecule has 0 nitrogen and oxygen atoms in total. The molecule has 0 heterocycles. The number of hydrogen-bond donors (Lipinski definition) is 0. The van der Waals surface area contributed by atoms with E-state index in [4.69, 9.17) is 0 Å². The van der Waals surface area contributed by atoms with E-state index in [0.29, 0.717) is 0 Å². The van der Waals surface area contributed by atoms with Crippen LogP contribution in [0.1, 0.15) is 83.1 Å². The van der Waals surface area contributed by atoms with Crippen LogP contribution in [0.5, 0.6) is 0 Å². The van der Waals surface area contributed by atoms with E-state index < -0.39 is 0 Å². The Morgan fingerprint density at radius 3 is 1.95 bits per heavy atom. The monoisotopic (exact) mass is 269 g/mol. The first-order chi connectivity index (χ1) is 8.88. The molecule has 1 radical (unpaired) electrons. The minimum atomic E-state index is 0. The van der Waals surface area contributed by atoms with Crippen LogP contribution in [0.2, 0.25) is 0 Å². The van der Waals surface area contributed by atoms with Crippen LogP contribution in [0.15, 0.2) is 30.3 Å². The molecule has 1 atom stereocenters. The van der Waals surface area contributed by atoms with Crippen molar-refractivity contribution in [1.29, 1.82) is 0 Å². The minimum absolute atomic E-state index is 0. The van der Waals surface area contributed by atoms with Gasteiger partial charge in [0.1, 0.15) is 0 Å². The summed E-state index contributed by atoms with van der Waals surface area (Å²) in [7, 11) is 0. The summed E-state index contributed by atoms with van der Waals surface area (Å²) < 4.78 is 0. The summed E-state index contributed by atoms with van der Waals surface area (Å²) in [6, 6.07) is 11.0. The first-order valence-corrected chi connectivity index (χ1v) is 7.93. The van der Waals surface area contributed by atoms with Crippen LogP contribution in [0, 0.1) is 0 Å². The molecule has 1 aromatic rings.